The molecule has 0 bridgehead atoms. The molecule has 0 aromatic heterocycles. The maximum atomic E-state index is 10.4. The van der Waals surface area contributed by atoms with E-state index in [1.165, 1.54) is 5.56 Å². The third-order valence-electron chi connectivity index (χ3n) is 4.13. The van der Waals surface area contributed by atoms with Gasteiger partial charge in [-0.15, -0.1) is 0 Å². The zero-order valence-electron chi connectivity index (χ0n) is 10.9. The van der Waals surface area contributed by atoms with Gasteiger partial charge in [0.1, 0.15) is 0 Å². The molecule has 0 amide bonds. The van der Waals surface area contributed by atoms with Gasteiger partial charge in [0.05, 0.1) is 0 Å². The number of phenols is 2. The largest absolute Gasteiger partial charge is 0.504 e. The molecule has 2 N–H and O–H groups in total. The standard InChI is InChI=1S/C18H14O2/c19-17-15-8-4-3-7-13(15)14-10-9-11-5-1-2-6-12(11)16(14)18(17)20/h2-4,6-10,19-20H,1,5H2. The number of hydrogen-bond acceptors (Lipinski definition) is 2. The number of aryl methyl sites for hydroxylation is 1. The van der Waals surface area contributed by atoms with Crippen molar-refractivity contribution < 1.29 is 10.2 Å². The highest BCUT2D eigenvalue weighted by molar-refractivity contribution is 6.16. The summed E-state index contributed by atoms with van der Waals surface area (Å²) in [5.41, 5.74) is 2.26. The van der Waals surface area contributed by atoms with Crippen LogP contribution in [0.2, 0.25) is 0 Å². The van der Waals surface area contributed by atoms with Crippen LogP contribution in [0.15, 0.2) is 42.5 Å². The van der Waals surface area contributed by atoms with Crippen molar-refractivity contribution in [2.24, 2.45) is 0 Å². The van der Waals surface area contributed by atoms with E-state index >= 15 is 0 Å². The lowest BCUT2D eigenvalue weighted by Crippen LogP contribution is -1.95. The predicted octanol–water partition coefficient (Wildman–Crippen LogP) is 4.36. The van der Waals surface area contributed by atoms with E-state index in [-0.39, 0.29) is 11.5 Å². The van der Waals surface area contributed by atoms with E-state index in [1.807, 2.05) is 24.3 Å². The Labute approximate surface area is 116 Å². The molecule has 3 aromatic rings. The van der Waals surface area contributed by atoms with Crippen LogP contribution in [0.4, 0.5) is 0 Å². The Bertz CT molecular complexity index is 876. The first kappa shape index (κ1) is 11.4. The van der Waals surface area contributed by atoms with Gasteiger partial charge in [-0.25, -0.2) is 0 Å². The van der Waals surface area contributed by atoms with Crippen molar-refractivity contribution in [3.63, 3.8) is 0 Å². The molecule has 1 aliphatic rings. The summed E-state index contributed by atoms with van der Waals surface area (Å²) < 4.78 is 0. The van der Waals surface area contributed by atoms with Crippen LogP contribution in [0.1, 0.15) is 17.5 Å². The number of allylic oxidation sites excluding steroid dienone is 1. The molecule has 3 aromatic carbocycles. The van der Waals surface area contributed by atoms with Crippen LogP contribution in [0.25, 0.3) is 27.6 Å². The molecule has 98 valence electrons. The Balaban J connectivity index is 2.29. The van der Waals surface area contributed by atoms with E-state index in [2.05, 4.69) is 24.3 Å². The number of rotatable bonds is 0. The van der Waals surface area contributed by atoms with Crippen molar-refractivity contribution >= 4 is 27.6 Å². The van der Waals surface area contributed by atoms with Gasteiger partial charge in [0.25, 0.3) is 0 Å². The summed E-state index contributed by atoms with van der Waals surface area (Å²) in [5.74, 6) is -0.0393. The van der Waals surface area contributed by atoms with Crippen molar-refractivity contribution in [3.05, 3.63) is 53.6 Å². The van der Waals surface area contributed by atoms with Gasteiger partial charge in [-0.2, -0.15) is 0 Å². The second-order valence-corrected chi connectivity index (χ2v) is 5.24. The predicted molar refractivity (Wildman–Crippen MR) is 82.1 cm³/mol. The van der Waals surface area contributed by atoms with Crippen LogP contribution in [0.5, 0.6) is 11.5 Å². The zero-order valence-corrected chi connectivity index (χ0v) is 10.9. The van der Waals surface area contributed by atoms with Gasteiger partial charge < -0.3 is 10.2 Å². The highest BCUT2D eigenvalue weighted by Gasteiger charge is 2.17. The van der Waals surface area contributed by atoms with Crippen molar-refractivity contribution in [1.82, 2.24) is 0 Å². The molecule has 0 unspecified atom stereocenters. The third kappa shape index (κ3) is 1.39. The Morgan fingerprint density at radius 3 is 2.45 bits per heavy atom. The minimum absolute atomic E-state index is 0.0119. The van der Waals surface area contributed by atoms with Crippen molar-refractivity contribution in [2.75, 3.05) is 0 Å². The van der Waals surface area contributed by atoms with E-state index in [9.17, 15) is 10.2 Å². The minimum Gasteiger partial charge on any atom is -0.504 e. The molecule has 0 spiro atoms. The van der Waals surface area contributed by atoms with Gasteiger partial charge in [-0.05, 0) is 34.7 Å². The summed E-state index contributed by atoms with van der Waals surface area (Å²) in [5, 5.41) is 24.1. The highest BCUT2D eigenvalue weighted by atomic mass is 16.3. The molecule has 0 saturated carbocycles. The van der Waals surface area contributed by atoms with Crippen LogP contribution in [-0.2, 0) is 6.42 Å². The van der Waals surface area contributed by atoms with Gasteiger partial charge in [0.2, 0.25) is 0 Å². The summed E-state index contributed by atoms with van der Waals surface area (Å²) in [6.07, 6.45) is 6.18. The van der Waals surface area contributed by atoms with Gasteiger partial charge >= 0.3 is 0 Å². The highest BCUT2D eigenvalue weighted by Crippen LogP contribution is 2.45. The maximum Gasteiger partial charge on any atom is 0.166 e. The molecule has 2 heteroatoms. The molecule has 2 nitrogen and oxygen atoms in total. The van der Waals surface area contributed by atoms with Crippen LogP contribution >= 0.6 is 0 Å². The topological polar surface area (TPSA) is 40.5 Å². The molecule has 0 fully saturated rings. The smallest absolute Gasteiger partial charge is 0.166 e. The first-order chi connectivity index (χ1) is 9.77. The van der Waals surface area contributed by atoms with Gasteiger partial charge in [0, 0.05) is 10.8 Å². The van der Waals surface area contributed by atoms with Crippen molar-refractivity contribution in [1.29, 1.82) is 0 Å². The van der Waals surface area contributed by atoms with Crippen molar-refractivity contribution in [3.8, 4) is 11.5 Å². The van der Waals surface area contributed by atoms with E-state index in [0.29, 0.717) is 5.39 Å². The Morgan fingerprint density at radius 2 is 1.60 bits per heavy atom. The number of hydrogen-bond donors (Lipinski definition) is 2. The van der Waals surface area contributed by atoms with Crippen LogP contribution in [-0.4, -0.2) is 10.2 Å². The first-order valence-corrected chi connectivity index (χ1v) is 6.82. The lowest BCUT2D eigenvalue weighted by molar-refractivity contribution is 0.412. The maximum absolute atomic E-state index is 10.4. The lowest BCUT2D eigenvalue weighted by atomic mass is 9.89. The average Bonchev–Trinajstić information content (AvgIpc) is 2.51. The number of phenolic OH excluding ortho intramolecular Hbond substituents is 2. The molecule has 20 heavy (non-hydrogen) atoms. The van der Waals surface area contributed by atoms with Crippen LogP contribution in [0.3, 0.4) is 0 Å². The molecule has 0 aliphatic heterocycles. The third-order valence-corrected chi connectivity index (χ3v) is 4.13. The average molecular weight is 262 g/mol. The Kier molecular flexibility index (Phi) is 2.27. The van der Waals surface area contributed by atoms with Gasteiger partial charge in [-0.3, -0.25) is 0 Å². The summed E-state index contributed by atoms with van der Waals surface area (Å²) in [4.78, 5) is 0. The van der Waals surface area contributed by atoms with E-state index < -0.39 is 0 Å². The number of fused-ring (bicyclic) bond motifs is 5. The fourth-order valence-corrected chi connectivity index (χ4v) is 3.16. The fraction of sp³-hybridized carbons (Fsp3) is 0.111. The van der Waals surface area contributed by atoms with E-state index in [0.717, 1.165) is 34.6 Å². The minimum atomic E-state index is -0.0273. The molecule has 0 saturated heterocycles. The molecular weight excluding hydrogens is 248 g/mol. The molecule has 0 heterocycles. The molecule has 1 aliphatic carbocycles. The zero-order chi connectivity index (χ0) is 13.7. The van der Waals surface area contributed by atoms with Gasteiger partial charge in [0.15, 0.2) is 11.5 Å². The summed E-state index contributed by atoms with van der Waals surface area (Å²) in [7, 11) is 0. The second-order valence-electron chi connectivity index (χ2n) is 5.24. The summed E-state index contributed by atoms with van der Waals surface area (Å²) in [6.45, 7) is 0. The van der Waals surface area contributed by atoms with E-state index in [1.54, 1.807) is 0 Å². The van der Waals surface area contributed by atoms with Crippen LogP contribution in [0, 0.1) is 0 Å². The molecule has 4 rings (SSSR count). The monoisotopic (exact) mass is 262 g/mol. The second kappa shape index (κ2) is 4.01. The fourth-order valence-electron chi connectivity index (χ4n) is 3.16. The summed E-state index contributed by atoms with van der Waals surface area (Å²) >= 11 is 0. The Hall–Kier alpha value is -2.48. The quantitative estimate of drug-likeness (QED) is 0.466. The lowest BCUT2D eigenvalue weighted by Gasteiger charge is -2.16. The molecule has 0 atom stereocenters. The van der Waals surface area contributed by atoms with E-state index in [4.69, 9.17) is 0 Å². The Morgan fingerprint density at radius 1 is 0.800 bits per heavy atom. The first-order valence-electron chi connectivity index (χ1n) is 6.82. The number of aromatic hydroxyl groups is 2. The molecule has 0 radical (unpaired) electrons. The van der Waals surface area contributed by atoms with Gasteiger partial charge in [-0.1, -0.05) is 48.6 Å². The normalized spacial score (nSPS) is 13.8. The van der Waals surface area contributed by atoms with Crippen LogP contribution < -0.4 is 0 Å². The SMILES string of the molecule is Oc1c(O)c2c3c(ccc2c2ccccc12)CCC=C3. The summed E-state index contributed by atoms with van der Waals surface area (Å²) in [6, 6.07) is 11.8. The van der Waals surface area contributed by atoms with Crippen molar-refractivity contribution in [2.45, 2.75) is 12.8 Å². The molecular formula is C18H14O2. The number of benzene rings is 3.